The fourth-order valence-corrected chi connectivity index (χ4v) is 4.68. The molecule has 2 aliphatic carbocycles. The van der Waals surface area contributed by atoms with Crippen LogP contribution in [-0.2, 0) is 16.6 Å². The van der Waals surface area contributed by atoms with E-state index in [-0.39, 0.29) is 5.41 Å². The normalized spacial score (nSPS) is 24.4. The van der Waals surface area contributed by atoms with Gasteiger partial charge in [0.25, 0.3) is 0 Å². The van der Waals surface area contributed by atoms with E-state index in [9.17, 15) is 9.90 Å². The molecule has 1 atom stereocenters. The molecule has 0 aromatic heterocycles. The van der Waals surface area contributed by atoms with Gasteiger partial charge in [-0.25, -0.2) is 0 Å². The number of hydrogen-bond acceptors (Lipinski definition) is 1. The van der Waals surface area contributed by atoms with Gasteiger partial charge < -0.3 is 5.11 Å². The molecule has 1 aromatic carbocycles. The number of aryl methyl sites for hydroxylation is 1. The highest BCUT2D eigenvalue weighted by molar-refractivity contribution is 5.67. The Morgan fingerprint density at radius 3 is 2.75 bits per heavy atom. The van der Waals surface area contributed by atoms with Gasteiger partial charge in [0.2, 0.25) is 0 Å². The SMILES string of the molecule is Cc1cccc2c1CCC(CC(=O)O)C21CCCCC1. The first-order valence-corrected chi connectivity index (χ1v) is 7.94. The molecule has 0 amide bonds. The zero-order valence-corrected chi connectivity index (χ0v) is 12.3. The van der Waals surface area contributed by atoms with E-state index in [1.54, 1.807) is 0 Å². The van der Waals surface area contributed by atoms with Gasteiger partial charge in [-0.05, 0) is 60.6 Å². The van der Waals surface area contributed by atoms with Crippen molar-refractivity contribution in [2.75, 3.05) is 0 Å². The molecule has 2 aliphatic rings. The zero-order chi connectivity index (χ0) is 14.2. The average Bonchev–Trinajstić information content (AvgIpc) is 2.44. The minimum Gasteiger partial charge on any atom is -0.481 e. The lowest BCUT2D eigenvalue weighted by atomic mass is 9.56. The number of carboxylic acids is 1. The number of hydrogen-bond donors (Lipinski definition) is 1. The van der Waals surface area contributed by atoms with Crippen molar-refractivity contribution in [1.82, 2.24) is 0 Å². The van der Waals surface area contributed by atoms with E-state index in [1.807, 2.05) is 0 Å². The predicted octanol–water partition coefficient (Wildman–Crippen LogP) is 4.23. The molecule has 1 saturated carbocycles. The topological polar surface area (TPSA) is 37.3 Å². The molecule has 0 bridgehead atoms. The summed E-state index contributed by atoms with van der Waals surface area (Å²) in [5.41, 5.74) is 4.53. The summed E-state index contributed by atoms with van der Waals surface area (Å²) in [5.74, 6) is -0.300. The molecular formula is C18H24O2. The molecule has 0 radical (unpaired) electrons. The molecule has 1 aromatic rings. The Bertz CT molecular complexity index is 512. The van der Waals surface area contributed by atoms with Crippen molar-refractivity contribution in [3.8, 4) is 0 Å². The maximum absolute atomic E-state index is 11.3. The first-order chi connectivity index (χ1) is 9.63. The average molecular weight is 272 g/mol. The van der Waals surface area contributed by atoms with Crippen LogP contribution in [0.15, 0.2) is 18.2 Å². The van der Waals surface area contributed by atoms with Crippen LogP contribution in [-0.4, -0.2) is 11.1 Å². The molecule has 0 heterocycles. The third kappa shape index (κ3) is 2.15. The van der Waals surface area contributed by atoms with Crippen LogP contribution in [0.2, 0.25) is 0 Å². The summed E-state index contributed by atoms with van der Waals surface area (Å²) in [5, 5.41) is 9.28. The molecule has 1 N–H and O–H groups in total. The molecule has 1 fully saturated rings. The Kier molecular flexibility index (Phi) is 3.57. The lowest BCUT2D eigenvalue weighted by Crippen LogP contribution is -2.42. The van der Waals surface area contributed by atoms with Crippen LogP contribution in [0.4, 0.5) is 0 Å². The van der Waals surface area contributed by atoms with E-state index >= 15 is 0 Å². The lowest BCUT2D eigenvalue weighted by molar-refractivity contribution is -0.139. The number of benzene rings is 1. The Hall–Kier alpha value is -1.31. The fourth-order valence-electron chi connectivity index (χ4n) is 4.68. The second-order valence-corrected chi connectivity index (χ2v) is 6.65. The largest absolute Gasteiger partial charge is 0.481 e. The van der Waals surface area contributed by atoms with Gasteiger partial charge in [-0.2, -0.15) is 0 Å². The zero-order valence-electron chi connectivity index (χ0n) is 12.3. The molecular weight excluding hydrogens is 248 g/mol. The van der Waals surface area contributed by atoms with Crippen LogP contribution in [0.1, 0.15) is 61.6 Å². The number of aliphatic carboxylic acids is 1. The minimum atomic E-state index is -0.629. The van der Waals surface area contributed by atoms with Gasteiger partial charge >= 0.3 is 5.97 Å². The van der Waals surface area contributed by atoms with E-state index in [4.69, 9.17) is 0 Å². The number of carboxylic acid groups (broad SMARTS) is 1. The quantitative estimate of drug-likeness (QED) is 0.874. The van der Waals surface area contributed by atoms with E-state index in [2.05, 4.69) is 25.1 Å². The van der Waals surface area contributed by atoms with Crippen LogP contribution in [0, 0.1) is 12.8 Å². The third-order valence-corrected chi connectivity index (χ3v) is 5.64. The maximum Gasteiger partial charge on any atom is 0.303 e. The lowest BCUT2D eigenvalue weighted by Gasteiger charge is -2.48. The highest BCUT2D eigenvalue weighted by Gasteiger charge is 2.45. The van der Waals surface area contributed by atoms with Crippen molar-refractivity contribution < 1.29 is 9.90 Å². The van der Waals surface area contributed by atoms with Crippen molar-refractivity contribution in [3.63, 3.8) is 0 Å². The summed E-state index contributed by atoms with van der Waals surface area (Å²) >= 11 is 0. The molecule has 0 saturated heterocycles. The number of rotatable bonds is 2. The highest BCUT2D eigenvalue weighted by Crippen LogP contribution is 2.52. The third-order valence-electron chi connectivity index (χ3n) is 5.64. The van der Waals surface area contributed by atoms with Crippen molar-refractivity contribution in [1.29, 1.82) is 0 Å². The summed E-state index contributed by atoms with van der Waals surface area (Å²) in [6.07, 6.45) is 8.62. The van der Waals surface area contributed by atoms with Crippen LogP contribution < -0.4 is 0 Å². The second-order valence-electron chi connectivity index (χ2n) is 6.65. The van der Waals surface area contributed by atoms with Gasteiger partial charge in [-0.15, -0.1) is 0 Å². The first kappa shape index (κ1) is 13.7. The molecule has 0 aliphatic heterocycles. The van der Waals surface area contributed by atoms with Crippen molar-refractivity contribution in [2.45, 2.75) is 63.7 Å². The van der Waals surface area contributed by atoms with Gasteiger partial charge in [0.1, 0.15) is 0 Å². The Morgan fingerprint density at radius 1 is 1.30 bits per heavy atom. The van der Waals surface area contributed by atoms with Gasteiger partial charge in [0.15, 0.2) is 0 Å². The van der Waals surface area contributed by atoms with Crippen LogP contribution in [0.25, 0.3) is 0 Å². The summed E-state index contributed by atoms with van der Waals surface area (Å²) in [4.78, 5) is 11.3. The van der Waals surface area contributed by atoms with E-state index in [1.165, 1.54) is 48.8 Å². The Labute approximate surface area is 121 Å². The smallest absolute Gasteiger partial charge is 0.303 e. The van der Waals surface area contributed by atoms with Gasteiger partial charge in [0, 0.05) is 6.42 Å². The summed E-state index contributed by atoms with van der Waals surface area (Å²) in [7, 11) is 0. The second kappa shape index (κ2) is 5.23. The minimum absolute atomic E-state index is 0.149. The Morgan fingerprint density at radius 2 is 2.05 bits per heavy atom. The molecule has 1 unspecified atom stereocenters. The van der Waals surface area contributed by atoms with E-state index in [0.29, 0.717) is 12.3 Å². The van der Waals surface area contributed by atoms with Gasteiger partial charge in [-0.3, -0.25) is 4.79 Å². The number of fused-ring (bicyclic) bond motifs is 2. The molecule has 108 valence electrons. The summed E-state index contributed by atoms with van der Waals surface area (Å²) in [6.45, 7) is 2.20. The monoisotopic (exact) mass is 272 g/mol. The van der Waals surface area contributed by atoms with Crippen LogP contribution in [0.3, 0.4) is 0 Å². The predicted molar refractivity (Wildman–Crippen MR) is 80.0 cm³/mol. The molecule has 2 heteroatoms. The summed E-state index contributed by atoms with van der Waals surface area (Å²) < 4.78 is 0. The summed E-state index contributed by atoms with van der Waals surface area (Å²) in [6, 6.07) is 6.64. The van der Waals surface area contributed by atoms with Crippen molar-refractivity contribution in [3.05, 3.63) is 34.9 Å². The molecule has 2 nitrogen and oxygen atoms in total. The maximum atomic E-state index is 11.3. The fraction of sp³-hybridized carbons (Fsp3) is 0.611. The van der Waals surface area contributed by atoms with E-state index in [0.717, 1.165) is 12.8 Å². The van der Waals surface area contributed by atoms with Crippen molar-refractivity contribution in [2.24, 2.45) is 5.92 Å². The van der Waals surface area contributed by atoms with Gasteiger partial charge in [0.05, 0.1) is 0 Å². The van der Waals surface area contributed by atoms with Crippen molar-refractivity contribution >= 4 is 5.97 Å². The Balaban J connectivity index is 2.07. The van der Waals surface area contributed by atoms with Crippen LogP contribution in [0.5, 0.6) is 0 Å². The molecule has 20 heavy (non-hydrogen) atoms. The van der Waals surface area contributed by atoms with E-state index < -0.39 is 5.97 Å². The van der Waals surface area contributed by atoms with Gasteiger partial charge in [-0.1, -0.05) is 37.5 Å². The molecule has 1 spiro atoms. The van der Waals surface area contributed by atoms with Crippen LogP contribution >= 0.6 is 0 Å². The standard InChI is InChI=1S/C18H24O2/c1-13-6-5-7-16-15(13)9-8-14(12-17(19)20)18(16)10-3-2-4-11-18/h5-7,14H,2-4,8-12H2,1H3,(H,19,20). The highest BCUT2D eigenvalue weighted by atomic mass is 16.4. The first-order valence-electron chi connectivity index (χ1n) is 7.94. The number of carbonyl (C=O) groups is 1. The molecule has 3 rings (SSSR count).